The Labute approximate surface area is 232 Å². The van der Waals surface area contributed by atoms with Crippen LogP contribution in [0.4, 0.5) is 23.4 Å². The van der Waals surface area contributed by atoms with Crippen LogP contribution in [0.5, 0.6) is 0 Å². The zero-order valence-electron chi connectivity index (χ0n) is 22.0. The summed E-state index contributed by atoms with van der Waals surface area (Å²) in [4.78, 5) is 30.1. The number of likely N-dealkylation sites (tertiary alicyclic amines) is 1. The van der Waals surface area contributed by atoms with E-state index in [0.717, 1.165) is 6.07 Å². The lowest BCUT2D eigenvalue weighted by Crippen LogP contribution is -2.59. The molecule has 3 heterocycles. The Morgan fingerprint density at radius 1 is 1.12 bits per heavy atom. The number of hydrogen-bond donors (Lipinski definition) is 2. The van der Waals surface area contributed by atoms with Gasteiger partial charge in [0, 0.05) is 23.2 Å². The molecule has 1 aliphatic heterocycles. The fourth-order valence-electron chi connectivity index (χ4n) is 4.61. The van der Waals surface area contributed by atoms with Gasteiger partial charge in [-0.15, -0.1) is 0 Å². The maximum Gasteiger partial charge on any atom is 0.304 e. The quantitative estimate of drug-likeness (QED) is 0.212. The number of nitrogens with one attached hydrogen (secondary N) is 1. The van der Waals surface area contributed by atoms with Crippen LogP contribution in [0.1, 0.15) is 34.2 Å². The molecule has 5 rings (SSSR count). The second-order valence-electron chi connectivity index (χ2n) is 10.2. The number of carbonyl (C=O) groups excluding carboxylic acids is 2. The highest BCUT2D eigenvalue weighted by Gasteiger charge is 2.41. The normalized spacial score (nSPS) is 14.8. The number of furan rings is 1. The number of nitrogens with zero attached hydrogens (tertiary/aromatic N) is 2. The molecule has 1 aliphatic rings. The van der Waals surface area contributed by atoms with Gasteiger partial charge >= 0.3 is 5.92 Å². The zero-order valence-corrected chi connectivity index (χ0v) is 22.0. The van der Waals surface area contributed by atoms with Gasteiger partial charge in [-0.05, 0) is 72.2 Å². The number of hydrogen-bond acceptors (Lipinski definition) is 5. The number of halogens is 4. The van der Waals surface area contributed by atoms with Gasteiger partial charge in [0.05, 0.1) is 25.2 Å². The monoisotopic (exact) mass is 566 g/mol. The fraction of sp³-hybridized carbons (Fsp3) is 0.233. The first-order valence-electron chi connectivity index (χ1n) is 12.7. The molecule has 0 bridgehead atoms. The second-order valence-corrected chi connectivity index (χ2v) is 10.2. The van der Waals surface area contributed by atoms with Crippen molar-refractivity contribution in [1.82, 2.24) is 15.2 Å². The lowest BCUT2D eigenvalue weighted by Gasteiger charge is -2.42. The molecular weight excluding hydrogens is 540 g/mol. The molecule has 0 spiro atoms. The summed E-state index contributed by atoms with van der Waals surface area (Å²) in [5.74, 6) is -4.07. The molecular formula is C30H26F4N4O3. The molecule has 212 valence electrons. The van der Waals surface area contributed by atoms with E-state index in [4.69, 9.17) is 10.2 Å². The topological polar surface area (TPSA) is 101 Å². The van der Waals surface area contributed by atoms with Crippen molar-refractivity contribution in [2.45, 2.75) is 25.1 Å². The number of carbonyl (C=O) groups is 2. The lowest BCUT2D eigenvalue weighted by atomic mass is 9.95. The number of alkyl halides is 4. The molecule has 2 amide bonds. The molecule has 0 saturated carbocycles. The maximum absolute atomic E-state index is 14.7. The van der Waals surface area contributed by atoms with Crippen LogP contribution >= 0.6 is 0 Å². The Morgan fingerprint density at radius 2 is 1.85 bits per heavy atom. The van der Waals surface area contributed by atoms with Gasteiger partial charge in [-0.1, -0.05) is 12.1 Å². The van der Waals surface area contributed by atoms with Crippen LogP contribution in [0.3, 0.4) is 0 Å². The number of anilines is 1. The predicted octanol–water partition coefficient (Wildman–Crippen LogP) is 5.65. The molecule has 1 saturated heterocycles. The molecule has 4 aromatic rings. The van der Waals surface area contributed by atoms with E-state index in [0.29, 0.717) is 33.5 Å². The van der Waals surface area contributed by atoms with E-state index < -0.39 is 29.7 Å². The Balaban J connectivity index is 1.36. The standard InChI is InChI=1S/C30H26F4N4O3/c1-29(32)16-38(17-29)28(40)20-6-4-19(5-7-20)21-10-22-11-23(41-27(22)24(12-21)30(33,34)15-31)14-37-26(39)9-3-18-2-8-25(35)36-13-18/h2-13H,14-17H2,1H3,(H2,35,36)(H,37,39). The van der Waals surface area contributed by atoms with Crippen molar-refractivity contribution in [3.8, 4) is 11.1 Å². The number of aromatic nitrogens is 1. The number of amides is 2. The van der Waals surface area contributed by atoms with Gasteiger partial charge in [-0.3, -0.25) is 9.59 Å². The van der Waals surface area contributed by atoms with E-state index in [9.17, 15) is 27.2 Å². The molecule has 2 aromatic heterocycles. The number of fused-ring (bicyclic) bond motifs is 1. The third kappa shape index (κ3) is 6.08. The van der Waals surface area contributed by atoms with Gasteiger partial charge in [-0.25, -0.2) is 13.8 Å². The first-order valence-corrected chi connectivity index (χ1v) is 12.7. The number of pyridine rings is 1. The minimum absolute atomic E-state index is 0.00551. The Hall–Kier alpha value is -4.67. The Kier molecular flexibility index (Phi) is 7.29. The molecule has 11 heteroatoms. The zero-order chi connectivity index (χ0) is 29.4. The first-order chi connectivity index (χ1) is 19.4. The summed E-state index contributed by atoms with van der Waals surface area (Å²) in [6.45, 7) is -0.593. The third-order valence-corrected chi connectivity index (χ3v) is 6.70. The van der Waals surface area contributed by atoms with Crippen LogP contribution in [0.2, 0.25) is 0 Å². The second kappa shape index (κ2) is 10.7. The third-order valence-electron chi connectivity index (χ3n) is 6.70. The Morgan fingerprint density at radius 3 is 2.49 bits per heavy atom. The van der Waals surface area contributed by atoms with Crippen molar-refractivity contribution >= 4 is 34.7 Å². The van der Waals surface area contributed by atoms with Crippen molar-refractivity contribution in [3.63, 3.8) is 0 Å². The minimum Gasteiger partial charge on any atom is -0.459 e. The average Bonchev–Trinajstić information content (AvgIpc) is 3.36. The van der Waals surface area contributed by atoms with E-state index in [-0.39, 0.29) is 36.9 Å². The number of nitrogens with two attached hydrogens (primary N) is 1. The van der Waals surface area contributed by atoms with Crippen molar-refractivity contribution in [2.75, 3.05) is 25.5 Å². The van der Waals surface area contributed by atoms with Crippen LogP contribution in [0.15, 0.2) is 71.3 Å². The molecule has 7 nitrogen and oxygen atoms in total. The van der Waals surface area contributed by atoms with Gasteiger partial charge in [0.1, 0.15) is 22.8 Å². The minimum atomic E-state index is -3.82. The van der Waals surface area contributed by atoms with Crippen LogP contribution in [0, 0.1) is 0 Å². The van der Waals surface area contributed by atoms with E-state index in [1.54, 1.807) is 30.3 Å². The van der Waals surface area contributed by atoms with Gasteiger partial charge in [-0.2, -0.15) is 8.78 Å². The molecule has 0 unspecified atom stereocenters. The summed E-state index contributed by atoms with van der Waals surface area (Å²) < 4.78 is 62.2. The fourth-order valence-corrected chi connectivity index (χ4v) is 4.61. The molecule has 41 heavy (non-hydrogen) atoms. The summed E-state index contributed by atoms with van der Waals surface area (Å²) >= 11 is 0. The SMILES string of the molecule is CC1(F)CN(C(=O)c2ccc(-c3cc(C(F)(F)CF)c4oc(CNC(=O)C=Cc5ccc(N)nc5)cc4c3)cc2)C1. The Bertz CT molecular complexity index is 1620. The molecule has 0 atom stereocenters. The predicted molar refractivity (Wildman–Crippen MR) is 146 cm³/mol. The number of rotatable bonds is 8. The van der Waals surface area contributed by atoms with Crippen LogP contribution in [-0.2, 0) is 17.3 Å². The van der Waals surface area contributed by atoms with Crippen LogP contribution < -0.4 is 11.1 Å². The lowest BCUT2D eigenvalue weighted by molar-refractivity contribution is -0.116. The molecule has 2 aromatic carbocycles. The summed E-state index contributed by atoms with van der Waals surface area (Å²) in [7, 11) is 0. The number of benzene rings is 2. The molecule has 0 radical (unpaired) electrons. The highest BCUT2D eigenvalue weighted by Crippen LogP contribution is 2.39. The summed E-state index contributed by atoms with van der Waals surface area (Å²) in [5, 5.41) is 2.91. The highest BCUT2D eigenvalue weighted by molar-refractivity contribution is 5.96. The van der Waals surface area contributed by atoms with Gasteiger partial charge in [0.2, 0.25) is 5.91 Å². The van der Waals surface area contributed by atoms with E-state index >= 15 is 0 Å². The van der Waals surface area contributed by atoms with Gasteiger partial charge < -0.3 is 20.4 Å². The number of nitrogen functional groups attached to an aromatic ring is 1. The molecule has 0 aliphatic carbocycles. The summed E-state index contributed by atoms with van der Waals surface area (Å²) in [5.41, 5.74) is 5.17. The van der Waals surface area contributed by atoms with Crippen molar-refractivity contribution in [3.05, 3.63) is 89.3 Å². The van der Waals surface area contributed by atoms with Crippen molar-refractivity contribution in [2.24, 2.45) is 0 Å². The van der Waals surface area contributed by atoms with Crippen LogP contribution in [0.25, 0.3) is 28.2 Å². The smallest absolute Gasteiger partial charge is 0.304 e. The van der Waals surface area contributed by atoms with Gasteiger partial charge in [0.25, 0.3) is 5.91 Å². The van der Waals surface area contributed by atoms with Crippen molar-refractivity contribution in [1.29, 1.82) is 0 Å². The summed E-state index contributed by atoms with van der Waals surface area (Å²) in [6, 6.07) is 13.8. The first kappa shape index (κ1) is 27.9. The van der Waals surface area contributed by atoms with E-state index in [1.165, 1.54) is 48.4 Å². The van der Waals surface area contributed by atoms with Gasteiger partial charge in [0.15, 0.2) is 6.67 Å². The molecule has 1 fully saturated rings. The van der Waals surface area contributed by atoms with Crippen LogP contribution in [-0.4, -0.2) is 47.1 Å². The summed E-state index contributed by atoms with van der Waals surface area (Å²) in [6.07, 6.45) is 4.32. The van der Waals surface area contributed by atoms with E-state index in [2.05, 4.69) is 10.3 Å². The average molecular weight is 567 g/mol. The highest BCUT2D eigenvalue weighted by atomic mass is 19.3. The molecule has 3 N–H and O–H groups in total. The van der Waals surface area contributed by atoms with Crippen molar-refractivity contribution < 1.29 is 31.6 Å². The van der Waals surface area contributed by atoms with E-state index in [1.807, 2.05) is 0 Å². The largest absolute Gasteiger partial charge is 0.459 e. The maximum atomic E-state index is 14.7.